The van der Waals surface area contributed by atoms with Crippen molar-refractivity contribution in [1.82, 2.24) is 15.1 Å². The monoisotopic (exact) mass is 384 g/mol. The van der Waals surface area contributed by atoms with Crippen molar-refractivity contribution in [2.45, 2.75) is 25.1 Å². The highest BCUT2D eigenvalue weighted by Crippen LogP contribution is 2.34. The van der Waals surface area contributed by atoms with Gasteiger partial charge in [-0.3, -0.25) is 14.9 Å². The fourth-order valence-corrected chi connectivity index (χ4v) is 2.81. The first-order valence-electron chi connectivity index (χ1n) is 8.07. The van der Waals surface area contributed by atoms with E-state index in [9.17, 15) is 28.1 Å². The maximum absolute atomic E-state index is 13.6. The largest absolute Gasteiger partial charge is 0.434 e. The van der Waals surface area contributed by atoms with E-state index in [1.54, 1.807) is 0 Å². The molecule has 1 aliphatic heterocycles. The molecule has 1 N–H and O–H groups in total. The molecule has 0 saturated carbocycles. The summed E-state index contributed by atoms with van der Waals surface area (Å²) >= 11 is 0. The van der Waals surface area contributed by atoms with Crippen molar-refractivity contribution >= 4 is 11.6 Å². The molecule has 1 aliphatic rings. The van der Waals surface area contributed by atoms with Gasteiger partial charge in [-0.25, -0.2) is 4.68 Å². The summed E-state index contributed by atoms with van der Waals surface area (Å²) < 4.78 is 46.6. The first kappa shape index (κ1) is 18.8. The fourth-order valence-electron chi connectivity index (χ4n) is 2.81. The van der Waals surface area contributed by atoms with Gasteiger partial charge < -0.3 is 10.1 Å². The standard InChI is InChI=1S/C16H15F3N4O4/c17-16(18,19)14-13(15(24)20-8-12-2-1-7-27-12)9-21-22(14)10-3-5-11(6-4-10)23(25)26/h3-6,9,12H,1-2,7-8H2,(H,20,24)/t12-/m0/s1. The molecule has 0 aliphatic carbocycles. The Kier molecular flexibility index (Phi) is 5.13. The first-order valence-corrected chi connectivity index (χ1v) is 8.07. The molecule has 2 aromatic rings. The molecular weight excluding hydrogens is 369 g/mol. The number of ether oxygens (including phenoxy) is 1. The lowest BCUT2D eigenvalue weighted by atomic mass is 10.2. The molecule has 1 aromatic carbocycles. The summed E-state index contributed by atoms with van der Waals surface area (Å²) in [6.07, 6.45) is -2.67. The van der Waals surface area contributed by atoms with E-state index in [4.69, 9.17) is 4.74 Å². The third-order valence-corrected chi connectivity index (χ3v) is 4.10. The zero-order chi connectivity index (χ0) is 19.6. The summed E-state index contributed by atoms with van der Waals surface area (Å²) in [5.41, 5.74) is -2.19. The summed E-state index contributed by atoms with van der Waals surface area (Å²) in [6, 6.07) is 4.39. The predicted octanol–water partition coefficient (Wildman–Crippen LogP) is 2.71. The lowest BCUT2D eigenvalue weighted by molar-refractivity contribution is -0.384. The number of aromatic nitrogens is 2. The smallest absolute Gasteiger partial charge is 0.376 e. The van der Waals surface area contributed by atoms with Crippen molar-refractivity contribution in [3.63, 3.8) is 0 Å². The van der Waals surface area contributed by atoms with Crippen LogP contribution in [0.5, 0.6) is 0 Å². The van der Waals surface area contributed by atoms with E-state index in [-0.39, 0.29) is 24.0 Å². The Morgan fingerprint density at radius 2 is 2.07 bits per heavy atom. The lowest BCUT2D eigenvalue weighted by Gasteiger charge is -2.14. The Labute approximate surface area is 151 Å². The first-order chi connectivity index (χ1) is 12.8. The van der Waals surface area contributed by atoms with Crippen molar-refractivity contribution in [2.75, 3.05) is 13.2 Å². The van der Waals surface area contributed by atoms with Crippen molar-refractivity contribution < 1.29 is 27.6 Å². The van der Waals surface area contributed by atoms with Crippen molar-refractivity contribution in [3.05, 3.63) is 51.8 Å². The number of non-ortho nitro benzene ring substituents is 1. The number of amides is 1. The molecule has 144 valence electrons. The molecule has 0 bridgehead atoms. The van der Waals surface area contributed by atoms with Crippen LogP contribution >= 0.6 is 0 Å². The summed E-state index contributed by atoms with van der Waals surface area (Å²) in [4.78, 5) is 22.3. The van der Waals surface area contributed by atoms with Gasteiger partial charge in [0.05, 0.1) is 28.5 Å². The van der Waals surface area contributed by atoms with E-state index in [2.05, 4.69) is 10.4 Å². The normalized spacial score (nSPS) is 17.1. The summed E-state index contributed by atoms with van der Waals surface area (Å²) in [7, 11) is 0. The minimum Gasteiger partial charge on any atom is -0.376 e. The molecule has 2 heterocycles. The van der Waals surface area contributed by atoms with Crippen LogP contribution in [0.1, 0.15) is 28.9 Å². The fraction of sp³-hybridized carbons (Fsp3) is 0.375. The molecule has 0 spiro atoms. The van der Waals surface area contributed by atoms with Gasteiger partial charge in [0.25, 0.3) is 11.6 Å². The number of carbonyl (C=O) groups excluding carboxylic acids is 1. The highest BCUT2D eigenvalue weighted by atomic mass is 19.4. The van der Waals surface area contributed by atoms with E-state index < -0.39 is 28.3 Å². The number of alkyl halides is 3. The summed E-state index contributed by atoms with van der Waals surface area (Å²) in [5, 5.41) is 16.8. The van der Waals surface area contributed by atoms with E-state index in [0.717, 1.165) is 43.3 Å². The van der Waals surface area contributed by atoms with Gasteiger partial charge >= 0.3 is 6.18 Å². The van der Waals surface area contributed by atoms with Gasteiger partial charge in [-0.1, -0.05) is 0 Å². The minimum absolute atomic E-state index is 0.0499. The average molecular weight is 384 g/mol. The number of nitrogens with one attached hydrogen (secondary N) is 1. The number of nitrogens with zero attached hydrogens (tertiary/aromatic N) is 3. The Morgan fingerprint density at radius 1 is 1.37 bits per heavy atom. The number of nitro benzene ring substituents is 1. The van der Waals surface area contributed by atoms with E-state index in [1.807, 2.05) is 0 Å². The third-order valence-electron chi connectivity index (χ3n) is 4.10. The van der Waals surface area contributed by atoms with Crippen LogP contribution in [0.2, 0.25) is 0 Å². The summed E-state index contributed by atoms with van der Waals surface area (Å²) in [5.74, 6) is -0.911. The van der Waals surface area contributed by atoms with Crippen molar-refractivity contribution in [1.29, 1.82) is 0 Å². The number of hydrogen-bond donors (Lipinski definition) is 1. The number of hydrogen-bond acceptors (Lipinski definition) is 5. The van der Waals surface area contributed by atoms with Gasteiger partial charge in [0.1, 0.15) is 0 Å². The number of nitro groups is 1. The van der Waals surface area contributed by atoms with Gasteiger partial charge in [-0.15, -0.1) is 0 Å². The van der Waals surface area contributed by atoms with Crippen LogP contribution in [0.15, 0.2) is 30.5 Å². The lowest BCUT2D eigenvalue weighted by Crippen LogP contribution is -2.33. The molecule has 1 saturated heterocycles. The topological polar surface area (TPSA) is 99.3 Å². The number of benzene rings is 1. The number of carbonyl (C=O) groups is 1. The Morgan fingerprint density at radius 3 is 2.63 bits per heavy atom. The average Bonchev–Trinajstić information content (AvgIpc) is 3.29. The quantitative estimate of drug-likeness (QED) is 0.631. The number of halogens is 3. The van der Waals surface area contributed by atoms with Crippen LogP contribution in [-0.4, -0.2) is 39.9 Å². The zero-order valence-electron chi connectivity index (χ0n) is 13.9. The maximum Gasteiger partial charge on any atom is 0.434 e. The molecule has 1 fully saturated rings. The SMILES string of the molecule is O=C(NC[C@@H]1CCCO1)c1cnn(-c2ccc([N+](=O)[O-])cc2)c1C(F)(F)F. The third kappa shape index (κ3) is 4.08. The molecular formula is C16H15F3N4O4. The molecule has 3 rings (SSSR count). The molecule has 0 unspecified atom stereocenters. The molecule has 8 nitrogen and oxygen atoms in total. The van der Waals surface area contributed by atoms with Crippen LogP contribution in [0, 0.1) is 10.1 Å². The van der Waals surface area contributed by atoms with Crippen LogP contribution in [0.25, 0.3) is 5.69 Å². The van der Waals surface area contributed by atoms with Crippen molar-refractivity contribution in [2.24, 2.45) is 0 Å². The van der Waals surface area contributed by atoms with Gasteiger partial charge in [0.15, 0.2) is 5.69 Å². The van der Waals surface area contributed by atoms with E-state index in [1.165, 1.54) is 0 Å². The Hall–Kier alpha value is -2.95. The molecule has 27 heavy (non-hydrogen) atoms. The van der Waals surface area contributed by atoms with E-state index >= 15 is 0 Å². The molecule has 1 amide bonds. The second-order valence-corrected chi connectivity index (χ2v) is 5.93. The van der Waals surface area contributed by atoms with Crippen LogP contribution in [-0.2, 0) is 10.9 Å². The van der Waals surface area contributed by atoms with Gasteiger partial charge in [0, 0.05) is 25.3 Å². The predicted molar refractivity (Wildman–Crippen MR) is 86.5 cm³/mol. The Bertz CT molecular complexity index is 842. The molecule has 1 atom stereocenters. The van der Waals surface area contributed by atoms with Crippen LogP contribution in [0.4, 0.5) is 18.9 Å². The maximum atomic E-state index is 13.6. The highest BCUT2D eigenvalue weighted by Gasteiger charge is 2.40. The number of rotatable bonds is 5. The van der Waals surface area contributed by atoms with Crippen LogP contribution < -0.4 is 5.32 Å². The highest BCUT2D eigenvalue weighted by molar-refractivity contribution is 5.95. The molecule has 1 aromatic heterocycles. The molecule has 0 radical (unpaired) electrons. The second-order valence-electron chi connectivity index (χ2n) is 5.93. The van der Waals surface area contributed by atoms with Gasteiger partial charge in [-0.05, 0) is 25.0 Å². The molecule has 11 heteroatoms. The van der Waals surface area contributed by atoms with Gasteiger partial charge in [-0.2, -0.15) is 18.3 Å². The van der Waals surface area contributed by atoms with Crippen molar-refractivity contribution in [3.8, 4) is 5.69 Å². The Balaban J connectivity index is 1.89. The van der Waals surface area contributed by atoms with Gasteiger partial charge in [0.2, 0.25) is 0 Å². The van der Waals surface area contributed by atoms with E-state index in [0.29, 0.717) is 11.3 Å². The summed E-state index contributed by atoms with van der Waals surface area (Å²) in [6.45, 7) is 0.672. The van der Waals surface area contributed by atoms with Crippen LogP contribution in [0.3, 0.4) is 0 Å². The zero-order valence-corrected chi connectivity index (χ0v) is 13.9. The minimum atomic E-state index is -4.85. The second kappa shape index (κ2) is 7.35.